The standard InChI is InChI=1S/C25H37N3O7/c29-17-21(31)25-24(33)20(30)16-28(23(32)9-12-27-13-10-26-18-27)11-5-15-34-22-8-2-1-6-19(22)7-3-4-14-35-25/h1-2,6,8,10,13,18,20-21,24-25,29-31,33H,3-5,7,9,11-12,14-17H2/t20-,21-,24-,25-/m1/s1. The average molecular weight is 492 g/mol. The van der Waals surface area contributed by atoms with Crippen LogP contribution in [-0.4, -0.2) is 98.1 Å². The van der Waals surface area contributed by atoms with Gasteiger partial charge in [-0.1, -0.05) is 18.2 Å². The second kappa shape index (κ2) is 14.2. The van der Waals surface area contributed by atoms with Crippen LogP contribution in [0.15, 0.2) is 43.0 Å². The molecule has 1 aliphatic heterocycles. The molecular weight excluding hydrogens is 454 g/mol. The van der Waals surface area contributed by atoms with Gasteiger partial charge < -0.3 is 39.4 Å². The molecule has 1 aliphatic rings. The van der Waals surface area contributed by atoms with Crippen molar-refractivity contribution in [3.05, 3.63) is 48.5 Å². The fraction of sp³-hybridized carbons (Fsp3) is 0.600. The van der Waals surface area contributed by atoms with Crippen LogP contribution in [0.3, 0.4) is 0 Å². The number of amides is 1. The van der Waals surface area contributed by atoms with Crippen LogP contribution in [0.2, 0.25) is 0 Å². The van der Waals surface area contributed by atoms with E-state index < -0.39 is 31.0 Å². The van der Waals surface area contributed by atoms with Gasteiger partial charge in [-0.25, -0.2) is 4.98 Å². The molecule has 0 aliphatic carbocycles. The molecular formula is C25H37N3O7. The number of aryl methyl sites for hydroxylation is 2. The third-order valence-electron chi connectivity index (χ3n) is 6.15. The zero-order valence-corrected chi connectivity index (χ0v) is 20.0. The Labute approximate surface area is 205 Å². The molecule has 10 heteroatoms. The maximum Gasteiger partial charge on any atom is 0.224 e. The lowest BCUT2D eigenvalue weighted by Gasteiger charge is -2.33. The first-order valence-electron chi connectivity index (χ1n) is 12.2. The second-order valence-electron chi connectivity index (χ2n) is 8.80. The summed E-state index contributed by atoms with van der Waals surface area (Å²) in [5, 5.41) is 41.1. The highest BCUT2D eigenvalue weighted by Gasteiger charge is 2.34. The van der Waals surface area contributed by atoms with Gasteiger partial charge in [-0.05, 0) is 37.3 Å². The molecule has 0 radical (unpaired) electrons. The van der Waals surface area contributed by atoms with Gasteiger partial charge in [0.2, 0.25) is 5.91 Å². The quantitative estimate of drug-likeness (QED) is 0.471. The van der Waals surface area contributed by atoms with Gasteiger partial charge >= 0.3 is 0 Å². The average Bonchev–Trinajstić information content (AvgIpc) is 3.39. The number of hydrogen-bond donors (Lipinski definition) is 4. The van der Waals surface area contributed by atoms with Gasteiger partial charge in [0.25, 0.3) is 0 Å². The number of aliphatic hydroxyl groups excluding tert-OH is 4. The Morgan fingerprint density at radius 3 is 2.77 bits per heavy atom. The molecule has 0 saturated heterocycles. The molecule has 2 aromatic rings. The number of hydrogen-bond acceptors (Lipinski definition) is 8. The third kappa shape index (κ3) is 8.29. The Morgan fingerprint density at radius 2 is 2.00 bits per heavy atom. The minimum Gasteiger partial charge on any atom is -0.493 e. The minimum absolute atomic E-state index is 0.140. The lowest BCUT2D eigenvalue weighted by atomic mass is 10.0. The van der Waals surface area contributed by atoms with E-state index in [4.69, 9.17) is 9.47 Å². The molecule has 4 atom stereocenters. The van der Waals surface area contributed by atoms with Gasteiger partial charge in [0.15, 0.2) is 0 Å². The van der Waals surface area contributed by atoms with Crippen LogP contribution >= 0.6 is 0 Å². The van der Waals surface area contributed by atoms with Crippen molar-refractivity contribution in [1.29, 1.82) is 0 Å². The van der Waals surface area contributed by atoms with E-state index in [1.54, 1.807) is 23.3 Å². The number of ether oxygens (including phenoxy) is 2. The van der Waals surface area contributed by atoms with E-state index in [9.17, 15) is 25.2 Å². The highest BCUT2D eigenvalue weighted by molar-refractivity contribution is 5.76. The molecule has 35 heavy (non-hydrogen) atoms. The number of imidazole rings is 1. The fourth-order valence-corrected chi connectivity index (χ4v) is 4.14. The summed E-state index contributed by atoms with van der Waals surface area (Å²) in [6.07, 6.45) is 2.61. The van der Waals surface area contributed by atoms with E-state index in [2.05, 4.69) is 4.98 Å². The molecule has 0 bridgehead atoms. The number of rotatable bonds is 5. The summed E-state index contributed by atoms with van der Waals surface area (Å²) in [6.45, 7) is 0.638. The molecule has 0 fully saturated rings. The molecule has 1 aromatic carbocycles. The molecule has 0 saturated carbocycles. The van der Waals surface area contributed by atoms with E-state index >= 15 is 0 Å². The number of carbonyl (C=O) groups excluding carboxylic acids is 1. The number of aliphatic hydroxyl groups is 4. The predicted octanol–water partition coefficient (Wildman–Crippen LogP) is 0.367. The van der Waals surface area contributed by atoms with Crippen molar-refractivity contribution in [2.75, 3.05) is 32.9 Å². The van der Waals surface area contributed by atoms with Crippen LogP contribution in [0, 0.1) is 0 Å². The maximum absolute atomic E-state index is 13.0. The highest BCUT2D eigenvalue weighted by Crippen LogP contribution is 2.21. The van der Waals surface area contributed by atoms with Gasteiger partial charge in [-0.3, -0.25) is 4.79 Å². The Balaban J connectivity index is 1.73. The van der Waals surface area contributed by atoms with Gasteiger partial charge in [0, 0.05) is 45.1 Å². The van der Waals surface area contributed by atoms with Crippen molar-refractivity contribution in [2.45, 2.75) is 63.1 Å². The van der Waals surface area contributed by atoms with Crippen molar-refractivity contribution in [3.63, 3.8) is 0 Å². The van der Waals surface area contributed by atoms with Crippen molar-refractivity contribution < 1.29 is 34.7 Å². The van der Waals surface area contributed by atoms with Gasteiger partial charge in [0.05, 0.1) is 19.5 Å². The number of benzene rings is 1. The summed E-state index contributed by atoms with van der Waals surface area (Å²) in [6, 6.07) is 7.83. The summed E-state index contributed by atoms with van der Waals surface area (Å²) in [5.74, 6) is 0.620. The van der Waals surface area contributed by atoms with Crippen LogP contribution in [0.25, 0.3) is 0 Å². The van der Waals surface area contributed by atoms with Crippen LogP contribution in [0.5, 0.6) is 5.75 Å². The number of β-amino-alcohol motifs (C(OH)–C–C–N with tert-alkyl or cyclic N) is 1. The van der Waals surface area contributed by atoms with Crippen LogP contribution in [0.4, 0.5) is 0 Å². The lowest BCUT2D eigenvalue weighted by molar-refractivity contribution is -0.151. The van der Waals surface area contributed by atoms with Crippen molar-refractivity contribution in [2.24, 2.45) is 0 Å². The smallest absolute Gasteiger partial charge is 0.224 e. The van der Waals surface area contributed by atoms with Gasteiger partial charge in [0.1, 0.15) is 30.2 Å². The molecule has 2 heterocycles. The van der Waals surface area contributed by atoms with Crippen LogP contribution < -0.4 is 4.74 Å². The summed E-state index contributed by atoms with van der Waals surface area (Å²) in [5.41, 5.74) is 1.08. The molecule has 1 amide bonds. The first-order valence-corrected chi connectivity index (χ1v) is 12.2. The number of nitrogens with zero attached hydrogens (tertiary/aromatic N) is 3. The molecule has 4 N–H and O–H groups in total. The van der Waals surface area contributed by atoms with E-state index in [1.807, 2.05) is 24.3 Å². The Kier molecular flexibility index (Phi) is 11.0. The molecule has 3 rings (SSSR count). The first kappa shape index (κ1) is 27.1. The zero-order valence-electron chi connectivity index (χ0n) is 20.0. The van der Waals surface area contributed by atoms with E-state index in [0.29, 0.717) is 32.5 Å². The summed E-state index contributed by atoms with van der Waals surface area (Å²) >= 11 is 0. The second-order valence-corrected chi connectivity index (χ2v) is 8.80. The summed E-state index contributed by atoms with van der Waals surface area (Å²) in [7, 11) is 0. The van der Waals surface area contributed by atoms with Crippen LogP contribution in [0.1, 0.15) is 31.2 Å². The predicted molar refractivity (Wildman–Crippen MR) is 128 cm³/mol. The van der Waals surface area contributed by atoms with Crippen molar-refractivity contribution in [3.8, 4) is 5.75 Å². The topological polar surface area (TPSA) is 138 Å². The number of fused-ring (bicyclic) bond motifs is 1. The molecule has 10 nitrogen and oxygen atoms in total. The Hall–Kier alpha value is -2.50. The van der Waals surface area contributed by atoms with Crippen molar-refractivity contribution >= 4 is 5.91 Å². The number of para-hydroxylation sites is 1. The monoisotopic (exact) mass is 491 g/mol. The Morgan fingerprint density at radius 1 is 1.17 bits per heavy atom. The van der Waals surface area contributed by atoms with E-state index in [-0.39, 0.29) is 25.5 Å². The Bertz CT molecular complexity index is 880. The minimum atomic E-state index is -1.48. The SMILES string of the molecule is O=C(CCn1ccnc1)N1CCCOc2ccccc2CCCCO[C@H]([C@H](O)CO)[C@H](O)[C@H](O)C1. The van der Waals surface area contributed by atoms with Gasteiger partial charge in [-0.15, -0.1) is 0 Å². The third-order valence-corrected chi connectivity index (χ3v) is 6.15. The first-order chi connectivity index (χ1) is 17.0. The largest absolute Gasteiger partial charge is 0.493 e. The van der Waals surface area contributed by atoms with E-state index in [0.717, 1.165) is 24.2 Å². The molecule has 1 aromatic heterocycles. The fourth-order valence-electron chi connectivity index (χ4n) is 4.14. The molecule has 0 unspecified atom stereocenters. The number of aromatic nitrogens is 2. The van der Waals surface area contributed by atoms with Gasteiger partial charge in [-0.2, -0.15) is 0 Å². The molecule has 194 valence electrons. The maximum atomic E-state index is 13.0. The van der Waals surface area contributed by atoms with Crippen LogP contribution in [-0.2, 0) is 22.5 Å². The molecule has 0 spiro atoms. The highest BCUT2D eigenvalue weighted by atomic mass is 16.5. The zero-order chi connectivity index (χ0) is 25.0. The lowest BCUT2D eigenvalue weighted by Crippen LogP contribution is -2.52. The summed E-state index contributed by atoms with van der Waals surface area (Å²) in [4.78, 5) is 18.5. The number of carbonyl (C=O) groups is 1. The normalized spacial score (nSPS) is 23.8. The van der Waals surface area contributed by atoms with Crippen molar-refractivity contribution in [1.82, 2.24) is 14.5 Å². The van der Waals surface area contributed by atoms with E-state index in [1.165, 1.54) is 4.90 Å². The summed E-state index contributed by atoms with van der Waals surface area (Å²) < 4.78 is 13.5.